The average Bonchev–Trinajstić information content (AvgIpc) is 2.64. The number of hydrogen-bond donors (Lipinski definition) is 3. The van der Waals surface area contributed by atoms with Crippen molar-refractivity contribution in [2.75, 3.05) is 0 Å². The van der Waals surface area contributed by atoms with Gasteiger partial charge in [-0.3, -0.25) is 0 Å². The van der Waals surface area contributed by atoms with Crippen LogP contribution in [0.2, 0.25) is 0 Å². The van der Waals surface area contributed by atoms with E-state index in [4.69, 9.17) is 0 Å². The van der Waals surface area contributed by atoms with Gasteiger partial charge in [-0.05, 0) is 76.0 Å². The maximum absolute atomic E-state index is 11.5. The van der Waals surface area contributed by atoms with Crippen molar-refractivity contribution in [3.05, 3.63) is 0 Å². The lowest BCUT2D eigenvalue weighted by Gasteiger charge is -2.61. The summed E-state index contributed by atoms with van der Waals surface area (Å²) in [5, 5.41) is 33.4. The quantitative estimate of drug-likeness (QED) is 0.662. The van der Waals surface area contributed by atoms with E-state index in [0.29, 0.717) is 5.92 Å². The van der Waals surface area contributed by atoms with Crippen molar-refractivity contribution >= 4 is 0 Å². The van der Waals surface area contributed by atoms with Crippen molar-refractivity contribution < 1.29 is 15.4 Å². The summed E-state index contributed by atoms with van der Waals surface area (Å²) in [6.07, 6.45) is 13.8. The summed E-state index contributed by atoms with van der Waals surface area (Å²) >= 11 is 0. The van der Waals surface area contributed by atoms with Gasteiger partial charge in [0.1, 0.15) is 0 Å². The minimum absolute atomic E-state index is 0.149. The topological polar surface area (TPSA) is 63.9 Å². The van der Waals surface area contributed by atoms with E-state index < -0.39 is 0 Å². The van der Waals surface area contributed by atoms with Crippen LogP contribution in [0.1, 0.15) is 104 Å². The minimum atomic E-state index is -0.194. The van der Waals surface area contributed by atoms with Crippen molar-refractivity contribution in [2.24, 2.45) is 11.8 Å². The summed E-state index contributed by atoms with van der Waals surface area (Å²) in [5.74, 6) is 1.43. The molecule has 152 valence electrons. The standard InChI is InChI=1S/C22H41NO3/c1-3-5-17(6-4-2)18-15-21(11-7-19(24)8-12-21)23(26)22(16-18)13-9-20(25)10-14-22/h17-20,24-26H,3-16H2,1-2H3. The summed E-state index contributed by atoms with van der Waals surface area (Å²) in [6.45, 7) is 4.59. The third-order valence-electron chi connectivity index (χ3n) is 7.94. The molecule has 2 aliphatic carbocycles. The predicted molar refractivity (Wildman–Crippen MR) is 104 cm³/mol. The van der Waals surface area contributed by atoms with Crippen LogP contribution in [0.15, 0.2) is 0 Å². The van der Waals surface area contributed by atoms with E-state index in [2.05, 4.69) is 13.8 Å². The second kappa shape index (κ2) is 8.46. The van der Waals surface area contributed by atoms with Crippen LogP contribution >= 0.6 is 0 Å². The van der Waals surface area contributed by atoms with Gasteiger partial charge in [0, 0.05) is 11.1 Å². The van der Waals surface area contributed by atoms with Gasteiger partial charge in [0.2, 0.25) is 0 Å². The maximum atomic E-state index is 11.5. The van der Waals surface area contributed by atoms with E-state index in [0.717, 1.165) is 70.1 Å². The first kappa shape index (κ1) is 20.6. The number of nitrogens with zero attached hydrogens (tertiary/aromatic N) is 1. The van der Waals surface area contributed by atoms with Gasteiger partial charge in [-0.2, -0.15) is 5.06 Å². The van der Waals surface area contributed by atoms with Gasteiger partial charge in [-0.15, -0.1) is 0 Å². The van der Waals surface area contributed by atoms with E-state index in [1.165, 1.54) is 25.7 Å². The molecule has 2 spiro atoms. The van der Waals surface area contributed by atoms with E-state index in [9.17, 15) is 15.4 Å². The molecule has 3 aliphatic rings. The molecule has 3 fully saturated rings. The Bertz CT molecular complexity index is 401. The summed E-state index contributed by atoms with van der Waals surface area (Å²) in [7, 11) is 0. The first-order valence-corrected chi connectivity index (χ1v) is 11.3. The molecule has 3 rings (SSSR count). The molecule has 0 aromatic rings. The Hall–Kier alpha value is -0.160. The second-order valence-electron chi connectivity index (χ2n) is 9.73. The zero-order valence-corrected chi connectivity index (χ0v) is 17.0. The maximum Gasteiger partial charge on any atom is 0.0541 e. The zero-order chi connectivity index (χ0) is 18.8. The van der Waals surface area contributed by atoms with Crippen LogP contribution in [0.5, 0.6) is 0 Å². The van der Waals surface area contributed by atoms with Gasteiger partial charge in [0.15, 0.2) is 0 Å². The smallest absolute Gasteiger partial charge is 0.0541 e. The molecule has 3 N–H and O–H groups in total. The van der Waals surface area contributed by atoms with Crippen LogP contribution in [-0.2, 0) is 0 Å². The molecular weight excluding hydrogens is 326 g/mol. The predicted octanol–water partition coefficient (Wildman–Crippen LogP) is 4.65. The Kier molecular flexibility index (Phi) is 6.70. The van der Waals surface area contributed by atoms with Gasteiger partial charge in [0.05, 0.1) is 12.2 Å². The molecule has 26 heavy (non-hydrogen) atoms. The highest BCUT2D eigenvalue weighted by atomic mass is 16.5. The van der Waals surface area contributed by atoms with Crippen LogP contribution < -0.4 is 0 Å². The largest absolute Gasteiger partial charge is 0.393 e. The molecule has 0 radical (unpaired) electrons. The van der Waals surface area contributed by atoms with Crippen LogP contribution in [0.4, 0.5) is 0 Å². The molecule has 0 unspecified atom stereocenters. The molecule has 0 bridgehead atoms. The van der Waals surface area contributed by atoms with E-state index in [1.54, 1.807) is 5.06 Å². The second-order valence-corrected chi connectivity index (χ2v) is 9.73. The van der Waals surface area contributed by atoms with Crippen molar-refractivity contribution in [3.8, 4) is 0 Å². The molecule has 0 atom stereocenters. The van der Waals surface area contributed by atoms with Gasteiger partial charge in [-0.1, -0.05) is 39.5 Å². The molecule has 2 saturated carbocycles. The number of hydrogen-bond acceptors (Lipinski definition) is 4. The minimum Gasteiger partial charge on any atom is -0.393 e. The lowest BCUT2D eigenvalue weighted by Crippen LogP contribution is -2.66. The number of aliphatic hydroxyl groups is 2. The number of rotatable bonds is 5. The van der Waals surface area contributed by atoms with Crippen LogP contribution in [-0.4, -0.2) is 43.8 Å². The third-order valence-corrected chi connectivity index (χ3v) is 7.94. The average molecular weight is 368 g/mol. The van der Waals surface area contributed by atoms with Crippen molar-refractivity contribution in [3.63, 3.8) is 0 Å². The normalized spacial score (nSPS) is 42.0. The molecule has 0 amide bonds. The Balaban J connectivity index is 1.87. The van der Waals surface area contributed by atoms with Crippen LogP contribution in [0.25, 0.3) is 0 Å². The molecular formula is C22H41NO3. The highest BCUT2D eigenvalue weighted by Gasteiger charge is 2.56. The molecule has 1 aliphatic heterocycles. The van der Waals surface area contributed by atoms with Gasteiger partial charge in [0.25, 0.3) is 0 Å². The molecule has 4 nitrogen and oxygen atoms in total. The Morgan fingerprint density at radius 1 is 0.808 bits per heavy atom. The monoisotopic (exact) mass is 367 g/mol. The van der Waals surface area contributed by atoms with Gasteiger partial charge < -0.3 is 15.4 Å². The Labute approximate surface area is 159 Å². The van der Waals surface area contributed by atoms with Crippen molar-refractivity contribution in [1.82, 2.24) is 5.06 Å². The van der Waals surface area contributed by atoms with Gasteiger partial charge >= 0.3 is 0 Å². The summed E-state index contributed by atoms with van der Waals surface area (Å²) < 4.78 is 0. The first-order chi connectivity index (χ1) is 12.4. The number of piperidine rings is 1. The van der Waals surface area contributed by atoms with Gasteiger partial charge in [-0.25, -0.2) is 0 Å². The highest BCUT2D eigenvalue weighted by Crippen LogP contribution is 2.54. The Morgan fingerprint density at radius 3 is 1.54 bits per heavy atom. The molecule has 0 aromatic heterocycles. The third kappa shape index (κ3) is 3.99. The SMILES string of the molecule is CCCC(CCC)C1CC2(CCC(O)CC2)N(O)C2(CCC(O)CC2)C1. The lowest BCUT2D eigenvalue weighted by molar-refractivity contribution is -0.294. The van der Waals surface area contributed by atoms with E-state index >= 15 is 0 Å². The van der Waals surface area contributed by atoms with Crippen LogP contribution in [0.3, 0.4) is 0 Å². The summed E-state index contributed by atoms with van der Waals surface area (Å²) in [5.41, 5.74) is -0.297. The fourth-order valence-corrected chi connectivity index (χ4v) is 6.53. The summed E-state index contributed by atoms with van der Waals surface area (Å²) in [4.78, 5) is 0. The zero-order valence-electron chi connectivity index (χ0n) is 17.0. The number of aliphatic hydroxyl groups excluding tert-OH is 2. The molecule has 0 aromatic carbocycles. The lowest BCUT2D eigenvalue weighted by atomic mass is 9.60. The highest BCUT2D eigenvalue weighted by molar-refractivity contribution is 5.08. The Morgan fingerprint density at radius 2 is 1.19 bits per heavy atom. The summed E-state index contributed by atoms with van der Waals surface area (Å²) in [6, 6.07) is 0. The van der Waals surface area contributed by atoms with Crippen molar-refractivity contribution in [2.45, 2.75) is 127 Å². The van der Waals surface area contributed by atoms with E-state index in [1.807, 2.05) is 0 Å². The molecule has 1 saturated heterocycles. The van der Waals surface area contributed by atoms with Crippen molar-refractivity contribution in [1.29, 1.82) is 0 Å². The molecule has 4 heteroatoms. The fourth-order valence-electron chi connectivity index (χ4n) is 6.53. The molecule has 1 heterocycles. The number of hydroxylamine groups is 2. The van der Waals surface area contributed by atoms with E-state index in [-0.39, 0.29) is 23.3 Å². The van der Waals surface area contributed by atoms with Crippen LogP contribution in [0, 0.1) is 11.8 Å². The fraction of sp³-hybridized carbons (Fsp3) is 1.00. The first-order valence-electron chi connectivity index (χ1n) is 11.3.